The van der Waals surface area contributed by atoms with E-state index >= 15 is 0 Å². The van der Waals surface area contributed by atoms with Crippen molar-refractivity contribution >= 4 is 65.6 Å². The lowest BCUT2D eigenvalue weighted by Gasteiger charge is -2.14. The van der Waals surface area contributed by atoms with Crippen molar-refractivity contribution < 1.29 is 8.83 Å². The van der Waals surface area contributed by atoms with Crippen LogP contribution in [0.2, 0.25) is 0 Å². The lowest BCUT2D eigenvalue weighted by Crippen LogP contribution is -2.01. The lowest BCUT2D eigenvalue weighted by atomic mass is 9.94. The minimum Gasteiger partial charge on any atom is -0.455 e. The average Bonchev–Trinajstić information content (AvgIpc) is 3.79. The molecule has 242 valence electrons. The molecule has 0 aliphatic carbocycles. The molecule has 4 heterocycles. The van der Waals surface area contributed by atoms with Crippen LogP contribution < -0.4 is 0 Å². The number of fused-ring (bicyclic) bond motifs is 9. The van der Waals surface area contributed by atoms with Crippen molar-refractivity contribution in [1.82, 2.24) is 19.9 Å². The van der Waals surface area contributed by atoms with Crippen LogP contribution in [0.25, 0.3) is 111 Å². The monoisotopic (exact) mass is 666 g/mol. The number of nitrogens with zero attached hydrogens (tertiary/aromatic N) is 4. The van der Waals surface area contributed by atoms with Gasteiger partial charge in [-0.05, 0) is 40.4 Å². The minimum atomic E-state index is 0.546. The number of hydrogen-bond donors (Lipinski definition) is 0. The summed E-state index contributed by atoms with van der Waals surface area (Å²) >= 11 is 0. The van der Waals surface area contributed by atoms with Gasteiger partial charge < -0.3 is 8.83 Å². The Hall–Kier alpha value is -7.18. The number of hydrogen-bond acceptors (Lipinski definition) is 6. The molecular formula is C46H26N4O2. The van der Waals surface area contributed by atoms with Crippen LogP contribution in [0.4, 0.5) is 0 Å². The van der Waals surface area contributed by atoms with E-state index in [9.17, 15) is 0 Å². The first-order valence-electron chi connectivity index (χ1n) is 17.2. The molecule has 0 bridgehead atoms. The van der Waals surface area contributed by atoms with Gasteiger partial charge in [0, 0.05) is 38.2 Å². The average molecular weight is 667 g/mol. The molecule has 0 spiro atoms. The SMILES string of the molecule is c1ccc(-c2nc(-c3ccc(-c4nc5oc6ccccc6c5c5ccccc45)c4ccccc34)nc(-c3cccc4c3oc3ccccc34)n2)cc1. The molecule has 52 heavy (non-hydrogen) atoms. The molecule has 0 aliphatic heterocycles. The van der Waals surface area contributed by atoms with Crippen molar-refractivity contribution in [2.75, 3.05) is 0 Å². The van der Waals surface area contributed by atoms with Crippen molar-refractivity contribution in [3.05, 3.63) is 158 Å². The largest absolute Gasteiger partial charge is 0.455 e. The number of benzene rings is 7. The number of rotatable bonds is 4. The van der Waals surface area contributed by atoms with E-state index in [0.29, 0.717) is 23.2 Å². The van der Waals surface area contributed by atoms with E-state index in [1.165, 1.54) is 0 Å². The fourth-order valence-corrected chi connectivity index (χ4v) is 7.60. The van der Waals surface area contributed by atoms with E-state index in [0.717, 1.165) is 87.8 Å². The first-order valence-corrected chi connectivity index (χ1v) is 17.2. The van der Waals surface area contributed by atoms with Gasteiger partial charge in [-0.15, -0.1) is 0 Å². The summed E-state index contributed by atoms with van der Waals surface area (Å²) < 4.78 is 12.8. The molecule has 0 N–H and O–H groups in total. The standard InChI is InChI=1S/C46H26N4O2/c1-2-13-27(14-3-1)43-48-44(50-45(49-43)37-22-12-21-34-30-17-8-10-23-38(30)51-42(34)37)35-26-25-33(28-15-4-5-16-29(28)35)41-32-19-7-6-18-31(32)40-36-20-9-11-24-39(36)52-46(40)47-41/h1-26H. The van der Waals surface area contributed by atoms with E-state index in [2.05, 4.69) is 78.9 Å². The summed E-state index contributed by atoms with van der Waals surface area (Å²) in [6.45, 7) is 0. The van der Waals surface area contributed by atoms with Gasteiger partial charge in [0.1, 0.15) is 16.7 Å². The summed E-state index contributed by atoms with van der Waals surface area (Å²) in [6, 6.07) is 53.4. The Bertz CT molecular complexity index is 3200. The summed E-state index contributed by atoms with van der Waals surface area (Å²) in [5.74, 6) is 1.71. The summed E-state index contributed by atoms with van der Waals surface area (Å²) in [4.78, 5) is 20.5. The van der Waals surface area contributed by atoms with E-state index in [1.807, 2.05) is 78.9 Å². The third-order valence-corrected chi connectivity index (χ3v) is 9.97. The number of furan rings is 2. The van der Waals surface area contributed by atoms with Crippen molar-refractivity contribution in [1.29, 1.82) is 0 Å². The molecule has 0 fully saturated rings. The molecule has 0 saturated carbocycles. The fourth-order valence-electron chi connectivity index (χ4n) is 7.60. The predicted octanol–water partition coefficient (Wildman–Crippen LogP) is 12.0. The van der Waals surface area contributed by atoms with Gasteiger partial charge in [-0.3, -0.25) is 0 Å². The van der Waals surface area contributed by atoms with Crippen LogP contribution in [-0.4, -0.2) is 19.9 Å². The molecule has 0 atom stereocenters. The Labute approximate surface area is 296 Å². The van der Waals surface area contributed by atoms with Gasteiger partial charge in [0.25, 0.3) is 0 Å². The molecular weight excluding hydrogens is 641 g/mol. The van der Waals surface area contributed by atoms with E-state index in [1.54, 1.807) is 0 Å². The first-order chi connectivity index (χ1) is 25.8. The van der Waals surface area contributed by atoms with Gasteiger partial charge in [0.05, 0.1) is 16.6 Å². The molecule has 4 aromatic heterocycles. The van der Waals surface area contributed by atoms with E-state index in [-0.39, 0.29) is 0 Å². The third-order valence-electron chi connectivity index (χ3n) is 9.97. The Morgan fingerprint density at radius 1 is 0.327 bits per heavy atom. The molecule has 0 aliphatic rings. The van der Waals surface area contributed by atoms with Crippen molar-refractivity contribution in [2.24, 2.45) is 0 Å². The Kier molecular flexibility index (Phi) is 6.15. The zero-order chi connectivity index (χ0) is 34.2. The molecule has 11 rings (SSSR count). The van der Waals surface area contributed by atoms with Gasteiger partial charge in [-0.2, -0.15) is 0 Å². The molecule has 6 heteroatoms. The molecule has 11 aromatic rings. The first kappa shape index (κ1) is 28.6. The zero-order valence-electron chi connectivity index (χ0n) is 27.6. The molecule has 6 nitrogen and oxygen atoms in total. The van der Waals surface area contributed by atoms with Gasteiger partial charge in [-0.1, -0.05) is 133 Å². The molecule has 0 radical (unpaired) electrons. The van der Waals surface area contributed by atoms with Gasteiger partial charge in [0.2, 0.25) is 5.71 Å². The Morgan fingerprint density at radius 3 is 1.67 bits per heavy atom. The summed E-state index contributed by atoms with van der Waals surface area (Å²) in [6.07, 6.45) is 0. The maximum absolute atomic E-state index is 6.43. The predicted molar refractivity (Wildman–Crippen MR) is 209 cm³/mol. The van der Waals surface area contributed by atoms with E-state index < -0.39 is 0 Å². The van der Waals surface area contributed by atoms with Crippen molar-refractivity contribution in [3.8, 4) is 45.4 Å². The smallest absolute Gasteiger partial charge is 0.228 e. The third kappa shape index (κ3) is 4.31. The normalized spacial score (nSPS) is 11.8. The highest BCUT2D eigenvalue weighted by molar-refractivity contribution is 6.21. The zero-order valence-corrected chi connectivity index (χ0v) is 27.6. The van der Waals surface area contributed by atoms with Crippen LogP contribution in [0.3, 0.4) is 0 Å². The van der Waals surface area contributed by atoms with Crippen LogP contribution in [-0.2, 0) is 0 Å². The lowest BCUT2D eigenvalue weighted by molar-refractivity contribution is 0.655. The highest BCUT2D eigenvalue weighted by Gasteiger charge is 2.21. The number of pyridine rings is 1. The number of aromatic nitrogens is 4. The minimum absolute atomic E-state index is 0.546. The maximum Gasteiger partial charge on any atom is 0.228 e. The number of para-hydroxylation sites is 3. The van der Waals surface area contributed by atoms with Gasteiger partial charge in [-0.25, -0.2) is 19.9 Å². The summed E-state index contributed by atoms with van der Waals surface area (Å²) in [5, 5.41) is 8.38. The fraction of sp³-hybridized carbons (Fsp3) is 0. The molecule has 0 amide bonds. The van der Waals surface area contributed by atoms with Crippen LogP contribution in [0.1, 0.15) is 0 Å². The van der Waals surface area contributed by atoms with Gasteiger partial charge >= 0.3 is 0 Å². The highest BCUT2D eigenvalue weighted by atomic mass is 16.3. The Morgan fingerprint density at radius 2 is 0.885 bits per heavy atom. The summed E-state index contributed by atoms with van der Waals surface area (Å²) in [5.41, 5.74) is 7.50. The molecule has 0 unspecified atom stereocenters. The molecule has 7 aromatic carbocycles. The second kappa shape index (κ2) is 11.2. The highest BCUT2D eigenvalue weighted by Crippen LogP contribution is 2.42. The van der Waals surface area contributed by atoms with Gasteiger partial charge in [0.15, 0.2) is 17.5 Å². The maximum atomic E-state index is 6.43. The van der Waals surface area contributed by atoms with Crippen molar-refractivity contribution in [2.45, 2.75) is 0 Å². The van der Waals surface area contributed by atoms with Crippen LogP contribution in [0, 0.1) is 0 Å². The topological polar surface area (TPSA) is 77.8 Å². The van der Waals surface area contributed by atoms with Crippen LogP contribution >= 0.6 is 0 Å². The van der Waals surface area contributed by atoms with E-state index in [4.69, 9.17) is 28.8 Å². The quantitative estimate of drug-likeness (QED) is 0.186. The molecule has 0 saturated heterocycles. The Balaban J connectivity index is 1.16. The van der Waals surface area contributed by atoms with Crippen LogP contribution in [0.5, 0.6) is 0 Å². The van der Waals surface area contributed by atoms with Crippen molar-refractivity contribution in [3.63, 3.8) is 0 Å². The van der Waals surface area contributed by atoms with Crippen LogP contribution in [0.15, 0.2) is 167 Å². The summed E-state index contributed by atoms with van der Waals surface area (Å²) in [7, 11) is 0. The second-order valence-corrected chi connectivity index (χ2v) is 12.9. The second-order valence-electron chi connectivity index (χ2n) is 12.9.